The largest absolute Gasteiger partial charge is 0.427 e. The minimum atomic E-state index is -0.159. The Hall–Kier alpha value is -1.57. The lowest BCUT2D eigenvalue weighted by Crippen LogP contribution is -2.07. The van der Waals surface area contributed by atoms with Gasteiger partial charge in [0.05, 0.1) is 0 Å². The van der Waals surface area contributed by atoms with Crippen molar-refractivity contribution in [2.45, 2.75) is 32.6 Å². The van der Waals surface area contributed by atoms with Crippen LogP contribution < -0.4 is 4.74 Å². The molecule has 0 aliphatic carbocycles. The first kappa shape index (κ1) is 12.5. The van der Waals surface area contributed by atoms with Gasteiger partial charge in [-0.3, -0.25) is 4.79 Å². The second-order valence-electron chi connectivity index (χ2n) is 3.82. The normalized spacial score (nSPS) is 9.81. The van der Waals surface area contributed by atoms with Crippen LogP contribution in [-0.2, 0) is 4.79 Å². The van der Waals surface area contributed by atoms with E-state index in [0.29, 0.717) is 12.2 Å². The Labute approximate surface area is 96.9 Å². The first-order valence-electron chi connectivity index (χ1n) is 5.60. The number of carbonyl (C=O) groups is 1. The van der Waals surface area contributed by atoms with E-state index in [1.165, 1.54) is 0 Å². The molecule has 0 spiro atoms. The molecule has 0 fully saturated rings. The molecule has 1 aromatic carbocycles. The summed E-state index contributed by atoms with van der Waals surface area (Å²) in [7, 11) is 0. The number of esters is 1. The van der Waals surface area contributed by atoms with Crippen molar-refractivity contribution in [3.8, 4) is 5.75 Å². The number of aryl methyl sites for hydroxylation is 1. The summed E-state index contributed by atoms with van der Waals surface area (Å²) in [5.41, 5.74) is 1.16. The zero-order valence-electron chi connectivity index (χ0n) is 9.74. The number of rotatable bonds is 6. The number of ether oxygens (including phenoxy) is 1. The quantitative estimate of drug-likeness (QED) is 0.315. The number of hydrogen-bond donors (Lipinski definition) is 0. The van der Waals surface area contributed by atoms with E-state index in [-0.39, 0.29) is 5.97 Å². The van der Waals surface area contributed by atoms with E-state index in [1.54, 1.807) is 0 Å². The first-order chi connectivity index (χ1) is 7.72. The SMILES string of the molecule is C=CCCCCC(=O)Oc1ccc(C)cc1. The third-order valence-corrected chi connectivity index (χ3v) is 2.29. The molecule has 0 aromatic heterocycles. The molecule has 0 unspecified atom stereocenters. The molecule has 0 bridgehead atoms. The van der Waals surface area contributed by atoms with Crippen LogP contribution >= 0.6 is 0 Å². The number of unbranched alkanes of at least 4 members (excludes halogenated alkanes) is 2. The fraction of sp³-hybridized carbons (Fsp3) is 0.357. The lowest BCUT2D eigenvalue weighted by molar-refractivity contribution is -0.134. The van der Waals surface area contributed by atoms with Gasteiger partial charge in [-0.25, -0.2) is 0 Å². The zero-order chi connectivity index (χ0) is 11.8. The van der Waals surface area contributed by atoms with Crippen LogP contribution in [0.15, 0.2) is 36.9 Å². The molecule has 0 amide bonds. The van der Waals surface area contributed by atoms with Gasteiger partial charge >= 0.3 is 5.97 Å². The van der Waals surface area contributed by atoms with Crippen LogP contribution in [0.4, 0.5) is 0 Å². The summed E-state index contributed by atoms with van der Waals surface area (Å²) in [5, 5.41) is 0. The van der Waals surface area contributed by atoms with E-state index >= 15 is 0 Å². The Morgan fingerprint density at radius 2 is 2.00 bits per heavy atom. The van der Waals surface area contributed by atoms with Crippen molar-refractivity contribution in [2.24, 2.45) is 0 Å². The van der Waals surface area contributed by atoms with Gasteiger partial charge < -0.3 is 4.74 Å². The second kappa shape index (κ2) is 6.83. The van der Waals surface area contributed by atoms with Gasteiger partial charge in [0.25, 0.3) is 0 Å². The molecule has 0 aliphatic heterocycles. The van der Waals surface area contributed by atoms with Crippen LogP contribution in [0, 0.1) is 6.92 Å². The Bertz CT molecular complexity index is 338. The van der Waals surface area contributed by atoms with Crippen LogP contribution in [0.3, 0.4) is 0 Å². The number of hydrogen-bond acceptors (Lipinski definition) is 2. The molecule has 86 valence electrons. The van der Waals surface area contributed by atoms with Crippen molar-refractivity contribution in [1.82, 2.24) is 0 Å². The Kier molecular flexibility index (Phi) is 5.34. The topological polar surface area (TPSA) is 26.3 Å². The monoisotopic (exact) mass is 218 g/mol. The summed E-state index contributed by atoms with van der Waals surface area (Å²) in [6.07, 6.45) is 5.15. The van der Waals surface area contributed by atoms with Gasteiger partial charge in [-0.05, 0) is 38.3 Å². The summed E-state index contributed by atoms with van der Waals surface area (Å²) in [5.74, 6) is 0.465. The molecular formula is C14H18O2. The molecule has 0 radical (unpaired) electrons. The molecule has 0 aliphatic rings. The van der Waals surface area contributed by atoms with Crippen LogP contribution in [0.2, 0.25) is 0 Å². The summed E-state index contributed by atoms with van der Waals surface area (Å²) in [6, 6.07) is 7.49. The molecule has 0 N–H and O–H groups in total. The minimum Gasteiger partial charge on any atom is -0.427 e. The molecular weight excluding hydrogens is 200 g/mol. The molecule has 2 heteroatoms. The van der Waals surface area contributed by atoms with Gasteiger partial charge in [-0.2, -0.15) is 0 Å². The van der Waals surface area contributed by atoms with E-state index in [2.05, 4.69) is 6.58 Å². The first-order valence-corrected chi connectivity index (χ1v) is 5.60. The van der Waals surface area contributed by atoms with E-state index < -0.39 is 0 Å². The van der Waals surface area contributed by atoms with Gasteiger partial charge in [-0.15, -0.1) is 6.58 Å². The smallest absolute Gasteiger partial charge is 0.311 e. The van der Waals surface area contributed by atoms with Crippen molar-refractivity contribution in [2.75, 3.05) is 0 Å². The van der Waals surface area contributed by atoms with Gasteiger partial charge in [-0.1, -0.05) is 23.8 Å². The van der Waals surface area contributed by atoms with E-state index in [4.69, 9.17) is 4.74 Å². The fourth-order valence-corrected chi connectivity index (χ4v) is 1.35. The number of benzene rings is 1. The maximum atomic E-state index is 11.4. The molecule has 0 saturated carbocycles. The minimum absolute atomic E-state index is 0.159. The van der Waals surface area contributed by atoms with Crippen molar-refractivity contribution >= 4 is 5.97 Å². The predicted octanol–water partition coefficient (Wildman–Crippen LogP) is 3.65. The Balaban J connectivity index is 2.28. The van der Waals surface area contributed by atoms with E-state index in [1.807, 2.05) is 37.3 Å². The maximum Gasteiger partial charge on any atom is 0.311 e. The Morgan fingerprint density at radius 1 is 1.31 bits per heavy atom. The van der Waals surface area contributed by atoms with Crippen LogP contribution in [0.1, 0.15) is 31.2 Å². The lowest BCUT2D eigenvalue weighted by Gasteiger charge is -2.04. The molecule has 0 heterocycles. The highest BCUT2D eigenvalue weighted by Crippen LogP contribution is 2.13. The molecule has 2 nitrogen and oxygen atoms in total. The highest BCUT2D eigenvalue weighted by atomic mass is 16.5. The summed E-state index contributed by atoms with van der Waals surface area (Å²) in [6.45, 7) is 5.64. The standard InChI is InChI=1S/C14H18O2/c1-3-4-5-6-7-14(15)16-13-10-8-12(2)9-11-13/h3,8-11H,1,4-7H2,2H3. The Morgan fingerprint density at radius 3 is 2.62 bits per heavy atom. The summed E-state index contributed by atoms with van der Waals surface area (Å²) in [4.78, 5) is 11.4. The second-order valence-corrected chi connectivity index (χ2v) is 3.82. The molecule has 1 rings (SSSR count). The van der Waals surface area contributed by atoms with Crippen LogP contribution in [0.25, 0.3) is 0 Å². The maximum absolute atomic E-state index is 11.4. The predicted molar refractivity (Wildman–Crippen MR) is 65.5 cm³/mol. The lowest BCUT2D eigenvalue weighted by atomic mass is 10.2. The average molecular weight is 218 g/mol. The van der Waals surface area contributed by atoms with E-state index in [9.17, 15) is 4.79 Å². The highest BCUT2D eigenvalue weighted by Gasteiger charge is 2.03. The van der Waals surface area contributed by atoms with Crippen molar-refractivity contribution in [3.63, 3.8) is 0 Å². The fourth-order valence-electron chi connectivity index (χ4n) is 1.35. The molecule has 0 saturated heterocycles. The third kappa shape index (κ3) is 4.78. The molecule has 1 aromatic rings. The zero-order valence-corrected chi connectivity index (χ0v) is 9.74. The van der Waals surface area contributed by atoms with Crippen LogP contribution in [0.5, 0.6) is 5.75 Å². The average Bonchev–Trinajstić information content (AvgIpc) is 2.28. The van der Waals surface area contributed by atoms with Crippen LogP contribution in [-0.4, -0.2) is 5.97 Å². The van der Waals surface area contributed by atoms with Gasteiger partial charge in [0.2, 0.25) is 0 Å². The highest BCUT2D eigenvalue weighted by molar-refractivity contribution is 5.72. The number of allylic oxidation sites excluding steroid dienone is 1. The van der Waals surface area contributed by atoms with Gasteiger partial charge in [0.15, 0.2) is 0 Å². The summed E-state index contributed by atoms with van der Waals surface area (Å²) < 4.78 is 5.18. The van der Waals surface area contributed by atoms with E-state index in [0.717, 1.165) is 24.8 Å². The van der Waals surface area contributed by atoms with Crippen molar-refractivity contribution < 1.29 is 9.53 Å². The van der Waals surface area contributed by atoms with Crippen molar-refractivity contribution in [1.29, 1.82) is 0 Å². The number of carbonyl (C=O) groups excluding carboxylic acids is 1. The third-order valence-electron chi connectivity index (χ3n) is 2.29. The van der Waals surface area contributed by atoms with Crippen molar-refractivity contribution in [3.05, 3.63) is 42.5 Å². The molecule has 16 heavy (non-hydrogen) atoms. The van der Waals surface area contributed by atoms with Gasteiger partial charge in [0.1, 0.15) is 5.75 Å². The molecule has 0 atom stereocenters. The summed E-state index contributed by atoms with van der Waals surface area (Å²) >= 11 is 0. The van der Waals surface area contributed by atoms with Gasteiger partial charge in [0, 0.05) is 6.42 Å².